The van der Waals surface area contributed by atoms with Crippen molar-refractivity contribution in [3.8, 4) is 5.69 Å². The smallest absolute Gasteiger partial charge is 0.310 e. The SMILES string of the molecule is CCC(CC)(CNCc1cnn(-c2ccc(Cl)cc2)c1)C(=O)O. The fraction of sp³-hybridized carbons (Fsp3) is 0.412. The normalized spacial score (nSPS) is 11.6. The first-order valence-corrected chi connectivity index (χ1v) is 8.12. The van der Waals surface area contributed by atoms with Crippen molar-refractivity contribution in [1.82, 2.24) is 15.1 Å². The highest BCUT2D eigenvalue weighted by molar-refractivity contribution is 6.30. The van der Waals surface area contributed by atoms with Crippen LogP contribution in [0.1, 0.15) is 32.3 Å². The minimum atomic E-state index is -0.744. The highest BCUT2D eigenvalue weighted by atomic mass is 35.5. The van der Waals surface area contributed by atoms with Crippen LogP contribution in [0.4, 0.5) is 0 Å². The lowest BCUT2D eigenvalue weighted by Gasteiger charge is -2.26. The van der Waals surface area contributed by atoms with Gasteiger partial charge in [-0.15, -0.1) is 0 Å². The Labute approximate surface area is 141 Å². The van der Waals surface area contributed by atoms with Gasteiger partial charge >= 0.3 is 5.97 Å². The van der Waals surface area contributed by atoms with E-state index in [9.17, 15) is 9.90 Å². The molecular formula is C17H22ClN3O2. The third kappa shape index (κ3) is 4.12. The molecule has 0 bridgehead atoms. The minimum absolute atomic E-state index is 0.446. The van der Waals surface area contributed by atoms with Crippen molar-refractivity contribution in [2.24, 2.45) is 5.41 Å². The van der Waals surface area contributed by atoms with E-state index in [1.54, 1.807) is 10.9 Å². The summed E-state index contributed by atoms with van der Waals surface area (Å²) >= 11 is 5.88. The number of carboxylic acids is 1. The molecule has 2 N–H and O–H groups in total. The topological polar surface area (TPSA) is 67.2 Å². The molecule has 1 aromatic heterocycles. The maximum atomic E-state index is 11.5. The number of nitrogens with zero attached hydrogens (tertiary/aromatic N) is 2. The fourth-order valence-corrected chi connectivity index (χ4v) is 2.64. The third-order valence-corrected chi connectivity index (χ3v) is 4.58. The molecule has 0 unspecified atom stereocenters. The Balaban J connectivity index is 1.97. The summed E-state index contributed by atoms with van der Waals surface area (Å²) in [6, 6.07) is 7.44. The van der Waals surface area contributed by atoms with Crippen LogP contribution < -0.4 is 5.32 Å². The van der Waals surface area contributed by atoms with E-state index in [0.717, 1.165) is 11.3 Å². The van der Waals surface area contributed by atoms with Crippen LogP contribution in [-0.2, 0) is 11.3 Å². The van der Waals surface area contributed by atoms with Gasteiger partial charge in [0.15, 0.2) is 0 Å². The van der Waals surface area contributed by atoms with Crippen molar-refractivity contribution in [1.29, 1.82) is 0 Å². The zero-order valence-corrected chi connectivity index (χ0v) is 14.2. The Bertz CT molecular complexity index is 648. The Morgan fingerprint density at radius 3 is 2.52 bits per heavy atom. The van der Waals surface area contributed by atoms with Crippen molar-refractivity contribution in [3.05, 3.63) is 47.2 Å². The highest BCUT2D eigenvalue weighted by Crippen LogP contribution is 2.25. The molecule has 0 atom stereocenters. The average molecular weight is 336 g/mol. The predicted octanol–water partition coefficient (Wildman–Crippen LogP) is 3.51. The van der Waals surface area contributed by atoms with E-state index in [1.807, 2.05) is 44.3 Å². The van der Waals surface area contributed by atoms with Crippen LogP contribution in [-0.4, -0.2) is 27.4 Å². The van der Waals surface area contributed by atoms with Crippen LogP contribution >= 0.6 is 11.6 Å². The first kappa shape index (κ1) is 17.5. The number of aromatic nitrogens is 2. The van der Waals surface area contributed by atoms with E-state index in [-0.39, 0.29) is 0 Å². The largest absolute Gasteiger partial charge is 0.481 e. The van der Waals surface area contributed by atoms with E-state index in [2.05, 4.69) is 10.4 Å². The second-order valence-electron chi connectivity index (χ2n) is 5.67. The third-order valence-electron chi connectivity index (χ3n) is 4.33. The molecule has 0 aliphatic rings. The number of hydrogen-bond donors (Lipinski definition) is 2. The Morgan fingerprint density at radius 1 is 1.30 bits per heavy atom. The Morgan fingerprint density at radius 2 is 1.96 bits per heavy atom. The number of hydrogen-bond acceptors (Lipinski definition) is 3. The standard InChI is InChI=1S/C17H22ClN3O2/c1-3-17(4-2,16(22)23)12-19-9-13-10-20-21(11-13)15-7-5-14(18)6-8-15/h5-8,10-11,19H,3-4,9,12H2,1-2H3,(H,22,23). The first-order chi connectivity index (χ1) is 11.0. The summed E-state index contributed by atoms with van der Waals surface area (Å²) in [6.07, 6.45) is 4.92. The van der Waals surface area contributed by atoms with Gasteiger partial charge < -0.3 is 10.4 Å². The molecule has 1 aromatic carbocycles. The van der Waals surface area contributed by atoms with Gasteiger partial charge in [0.1, 0.15) is 0 Å². The number of carbonyl (C=O) groups is 1. The number of carboxylic acid groups (broad SMARTS) is 1. The molecule has 0 amide bonds. The van der Waals surface area contributed by atoms with Gasteiger partial charge in [0.2, 0.25) is 0 Å². The number of halogens is 1. The maximum absolute atomic E-state index is 11.5. The molecule has 0 aliphatic carbocycles. The van der Waals surface area contributed by atoms with Gasteiger partial charge in [-0.05, 0) is 37.1 Å². The maximum Gasteiger partial charge on any atom is 0.310 e. The lowest BCUT2D eigenvalue weighted by Crippen LogP contribution is -2.39. The summed E-state index contributed by atoms with van der Waals surface area (Å²) in [5.74, 6) is -0.744. The molecule has 0 spiro atoms. The number of nitrogens with one attached hydrogen (secondary N) is 1. The number of benzene rings is 1. The van der Waals surface area contributed by atoms with Gasteiger partial charge in [0.25, 0.3) is 0 Å². The fourth-order valence-electron chi connectivity index (χ4n) is 2.51. The summed E-state index contributed by atoms with van der Waals surface area (Å²) < 4.78 is 1.78. The Hall–Kier alpha value is -1.85. The first-order valence-electron chi connectivity index (χ1n) is 7.74. The molecule has 0 fully saturated rings. The van der Waals surface area contributed by atoms with Gasteiger partial charge in [-0.25, -0.2) is 4.68 Å². The average Bonchev–Trinajstić information content (AvgIpc) is 3.01. The summed E-state index contributed by atoms with van der Waals surface area (Å²) in [6.45, 7) is 4.86. The zero-order chi connectivity index (χ0) is 16.9. The van der Waals surface area contributed by atoms with Crippen LogP contribution in [0.15, 0.2) is 36.7 Å². The molecule has 5 nitrogen and oxygen atoms in total. The molecule has 1 heterocycles. The van der Waals surface area contributed by atoms with Gasteiger partial charge in [-0.2, -0.15) is 5.10 Å². The lowest BCUT2D eigenvalue weighted by atomic mass is 9.82. The van der Waals surface area contributed by atoms with E-state index in [0.29, 0.717) is 31.0 Å². The minimum Gasteiger partial charge on any atom is -0.481 e. The molecule has 0 radical (unpaired) electrons. The van der Waals surface area contributed by atoms with Crippen LogP contribution in [0.25, 0.3) is 5.69 Å². The summed E-state index contributed by atoms with van der Waals surface area (Å²) in [5, 5.41) is 17.7. The second kappa shape index (κ2) is 7.62. The summed E-state index contributed by atoms with van der Waals surface area (Å²) in [7, 11) is 0. The van der Waals surface area contributed by atoms with Crippen molar-refractivity contribution in [2.45, 2.75) is 33.2 Å². The highest BCUT2D eigenvalue weighted by Gasteiger charge is 2.34. The van der Waals surface area contributed by atoms with Crippen molar-refractivity contribution < 1.29 is 9.90 Å². The van der Waals surface area contributed by atoms with Crippen LogP contribution in [0.2, 0.25) is 5.02 Å². The molecular weight excluding hydrogens is 314 g/mol. The summed E-state index contributed by atoms with van der Waals surface area (Å²) in [4.78, 5) is 11.5. The monoisotopic (exact) mass is 335 g/mol. The van der Waals surface area contributed by atoms with Gasteiger partial charge in [0, 0.05) is 29.9 Å². The summed E-state index contributed by atoms with van der Waals surface area (Å²) in [5.41, 5.74) is 1.24. The Kier molecular flexibility index (Phi) is 5.80. The van der Waals surface area contributed by atoms with E-state index in [1.165, 1.54) is 0 Å². The van der Waals surface area contributed by atoms with Crippen molar-refractivity contribution >= 4 is 17.6 Å². The van der Waals surface area contributed by atoms with Crippen LogP contribution in [0, 0.1) is 5.41 Å². The zero-order valence-electron chi connectivity index (χ0n) is 13.4. The van der Waals surface area contributed by atoms with Gasteiger partial charge in [-0.3, -0.25) is 4.79 Å². The van der Waals surface area contributed by atoms with Gasteiger partial charge in [0.05, 0.1) is 17.3 Å². The number of rotatable bonds is 8. The number of aliphatic carboxylic acids is 1. The van der Waals surface area contributed by atoms with E-state index >= 15 is 0 Å². The van der Waals surface area contributed by atoms with E-state index in [4.69, 9.17) is 11.6 Å². The quantitative estimate of drug-likeness (QED) is 0.774. The molecule has 6 heteroatoms. The predicted molar refractivity (Wildman–Crippen MR) is 90.9 cm³/mol. The molecule has 0 saturated heterocycles. The molecule has 0 saturated carbocycles. The molecule has 0 aliphatic heterocycles. The second-order valence-corrected chi connectivity index (χ2v) is 6.10. The molecule has 124 valence electrons. The van der Waals surface area contributed by atoms with Crippen LogP contribution in [0.3, 0.4) is 0 Å². The van der Waals surface area contributed by atoms with E-state index < -0.39 is 11.4 Å². The lowest BCUT2D eigenvalue weighted by molar-refractivity contribution is -0.149. The molecule has 2 rings (SSSR count). The molecule has 2 aromatic rings. The van der Waals surface area contributed by atoms with Crippen molar-refractivity contribution in [3.63, 3.8) is 0 Å². The molecule has 23 heavy (non-hydrogen) atoms. The van der Waals surface area contributed by atoms with Crippen molar-refractivity contribution in [2.75, 3.05) is 6.54 Å². The van der Waals surface area contributed by atoms with Gasteiger partial charge in [-0.1, -0.05) is 25.4 Å². The van der Waals surface area contributed by atoms with Crippen LogP contribution in [0.5, 0.6) is 0 Å².